The fraction of sp³-hybridized carbons (Fsp3) is 0.250. The molecule has 4 nitrogen and oxygen atoms in total. The highest BCUT2D eigenvalue weighted by Crippen LogP contribution is 2.28. The van der Waals surface area contributed by atoms with Crippen molar-refractivity contribution in [1.82, 2.24) is 9.71 Å². The van der Waals surface area contributed by atoms with E-state index in [1.165, 1.54) is 23.5 Å². The van der Waals surface area contributed by atoms with Crippen molar-refractivity contribution in [2.45, 2.75) is 32.1 Å². The summed E-state index contributed by atoms with van der Waals surface area (Å²) in [4.78, 5) is 5.79. The summed E-state index contributed by atoms with van der Waals surface area (Å²) < 4.78 is 41.2. The minimum Gasteiger partial charge on any atom is -0.241 e. The van der Waals surface area contributed by atoms with Gasteiger partial charge in [0.2, 0.25) is 10.0 Å². The fourth-order valence-corrected chi connectivity index (χ4v) is 5.20. The molecule has 0 atom stereocenters. The van der Waals surface area contributed by atoms with Gasteiger partial charge in [0, 0.05) is 17.0 Å². The molecule has 3 rings (SSSR count). The smallest absolute Gasteiger partial charge is 0.240 e. The van der Waals surface area contributed by atoms with Gasteiger partial charge in [0.05, 0.1) is 10.6 Å². The second kappa shape index (κ2) is 7.88. The Bertz CT molecular complexity index is 1080. The summed E-state index contributed by atoms with van der Waals surface area (Å²) in [5.41, 5.74) is 3.19. The standard InChI is InChI=1S/C20H21FN2O2S2/c1-13-7-8-14(2)19(11-13)27(24,25)22-10-9-18-15(3)23-20(26-18)16-5-4-6-17(21)12-16/h4-8,11-12,22H,9-10H2,1-3H3. The van der Waals surface area contributed by atoms with Crippen molar-refractivity contribution >= 4 is 21.4 Å². The SMILES string of the molecule is Cc1ccc(C)c(S(=O)(=O)NCCc2sc(-c3cccc(F)c3)nc2C)c1. The van der Waals surface area contributed by atoms with Crippen molar-refractivity contribution in [3.05, 3.63) is 70.0 Å². The molecule has 27 heavy (non-hydrogen) atoms. The summed E-state index contributed by atoms with van der Waals surface area (Å²) in [5, 5.41) is 0.736. The topological polar surface area (TPSA) is 59.1 Å². The quantitative estimate of drug-likeness (QED) is 0.663. The van der Waals surface area contributed by atoms with Crippen LogP contribution in [0.5, 0.6) is 0 Å². The van der Waals surface area contributed by atoms with Gasteiger partial charge in [-0.3, -0.25) is 0 Å². The molecule has 0 bridgehead atoms. The number of sulfonamides is 1. The Morgan fingerprint density at radius 2 is 1.89 bits per heavy atom. The number of hydrogen-bond donors (Lipinski definition) is 1. The van der Waals surface area contributed by atoms with E-state index < -0.39 is 10.0 Å². The molecule has 0 aliphatic carbocycles. The Balaban J connectivity index is 1.71. The number of halogens is 1. The van der Waals surface area contributed by atoms with Gasteiger partial charge in [0.25, 0.3) is 0 Å². The molecule has 0 amide bonds. The largest absolute Gasteiger partial charge is 0.241 e. The average molecular weight is 405 g/mol. The summed E-state index contributed by atoms with van der Waals surface area (Å²) in [6, 6.07) is 11.7. The Hall–Kier alpha value is -2.09. The van der Waals surface area contributed by atoms with E-state index in [1.807, 2.05) is 32.0 Å². The van der Waals surface area contributed by atoms with E-state index in [4.69, 9.17) is 0 Å². The first-order valence-corrected chi connectivity index (χ1v) is 10.9. The molecule has 0 aliphatic rings. The highest BCUT2D eigenvalue weighted by molar-refractivity contribution is 7.89. The molecule has 7 heteroatoms. The first kappa shape index (κ1) is 19.7. The summed E-state index contributed by atoms with van der Waals surface area (Å²) in [7, 11) is -3.56. The number of nitrogens with one attached hydrogen (secondary N) is 1. The Kier molecular flexibility index (Phi) is 5.74. The van der Waals surface area contributed by atoms with Gasteiger partial charge in [-0.25, -0.2) is 22.5 Å². The van der Waals surface area contributed by atoms with Gasteiger partial charge < -0.3 is 0 Å². The van der Waals surface area contributed by atoms with E-state index in [0.29, 0.717) is 11.3 Å². The first-order valence-electron chi connectivity index (χ1n) is 8.55. The molecule has 142 valence electrons. The fourth-order valence-electron chi connectivity index (χ4n) is 2.78. The maximum absolute atomic E-state index is 13.4. The van der Waals surface area contributed by atoms with Crippen molar-refractivity contribution < 1.29 is 12.8 Å². The van der Waals surface area contributed by atoms with E-state index in [-0.39, 0.29) is 12.4 Å². The molecule has 0 saturated heterocycles. The molecule has 2 aromatic carbocycles. The van der Waals surface area contributed by atoms with Crippen LogP contribution >= 0.6 is 11.3 Å². The number of aromatic nitrogens is 1. The van der Waals surface area contributed by atoms with Gasteiger partial charge in [-0.15, -0.1) is 11.3 Å². The van der Waals surface area contributed by atoms with Gasteiger partial charge >= 0.3 is 0 Å². The number of hydrogen-bond acceptors (Lipinski definition) is 4. The first-order chi connectivity index (χ1) is 12.8. The second-order valence-corrected chi connectivity index (χ2v) is 9.27. The molecule has 0 spiro atoms. The summed E-state index contributed by atoms with van der Waals surface area (Å²) >= 11 is 1.46. The van der Waals surface area contributed by atoms with Gasteiger partial charge in [0.1, 0.15) is 10.8 Å². The van der Waals surface area contributed by atoms with Crippen LogP contribution in [0.2, 0.25) is 0 Å². The lowest BCUT2D eigenvalue weighted by molar-refractivity contribution is 0.581. The van der Waals surface area contributed by atoms with Crippen LogP contribution in [0.25, 0.3) is 10.6 Å². The number of nitrogens with zero attached hydrogens (tertiary/aromatic N) is 1. The third-order valence-corrected chi connectivity index (χ3v) is 7.11. The number of thiazole rings is 1. The molecular weight excluding hydrogens is 383 g/mol. The molecule has 0 aliphatic heterocycles. The molecule has 1 heterocycles. The average Bonchev–Trinajstić information content (AvgIpc) is 2.98. The lowest BCUT2D eigenvalue weighted by Crippen LogP contribution is -2.26. The molecule has 0 saturated carbocycles. The maximum atomic E-state index is 13.4. The number of benzene rings is 2. The van der Waals surface area contributed by atoms with Crippen LogP contribution in [0.15, 0.2) is 47.4 Å². The van der Waals surface area contributed by atoms with Gasteiger partial charge in [-0.1, -0.05) is 24.3 Å². The Morgan fingerprint density at radius 3 is 2.63 bits per heavy atom. The summed E-state index contributed by atoms with van der Waals surface area (Å²) in [6.07, 6.45) is 0.531. The zero-order chi connectivity index (χ0) is 19.6. The molecule has 0 fully saturated rings. The highest BCUT2D eigenvalue weighted by Gasteiger charge is 2.17. The van der Waals surface area contributed by atoms with E-state index in [2.05, 4.69) is 9.71 Å². The van der Waals surface area contributed by atoms with Crippen LogP contribution in [-0.4, -0.2) is 19.9 Å². The van der Waals surface area contributed by atoms with Crippen LogP contribution in [-0.2, 0) is 16.4 Å². The van der Waals surface area contributed by atoms with Crippen molar-refractivity contribution in [2.75, 3.05) is 6.54 Å². The maximum Gasteiger partial charge on any atom is 0.240 e. The zero-order valence-corrected chi connectivity index (χ0v) is 17.0. The monoisotopic (exact) mass is 404 g/mol. The van der Waals surface area contributed by atoms with E-state index in [1.54, 1.807) is 19.1 Å². The van der Waals surface area contributed by atoms with Crippen LogP contribution < -0.4 is 4.72 Å². The van der Waals surface area contributed by atoms with Gasteiger partial charge in [-0.05, 0) is 56.5 Å². The molecule has 3 aromatic rings. The van der Waals surface area contributed by atoms with Crippen molar-refractivity contribution in [3.8, 4) is 10.6 Å². The van der Waals surface area contributed by atoms with E-state index >= 15 is 0 Å². The third kappa shape index (κ3) is 4.61. The minimum atomic E-state index is -3.56. The Labute approximate surface area is 163 Å². The second-order valence-electron chi connectivity index (χ2n) is 6.45. The normalized spacial score (nSPS) is 11.7. The van der Waals surface area contributed by atoms with Crippen molar-refractivity contribution in [2.24, 2.45) is 0 Å². The van der Waals surface area contributed by atoms with Gasteiger partial charge in [-0.2, -0.15) is 0 Å². The molecule has 0 unspecified atom stereocenters. The molecule has 0 radical (unpaired) electrons. The van der Waals surface area contributed by atoms with Gasteiger partial charge in [0.15, 0.2) is 0 Å². The Morgan fingerprint density at radius 1 is 1.11 bits per heavy atom. The number of rotatable bonds is 6. The molecule has 1 aromatic heterocycles. The van der Waals surface area contributed by atoms with Crippen molar-refractivity contribution in [1.29, 1.82) is 0 Å². The van der Waals surface area contributed by atoms with E-state index in [9.17, 15) is 12.8 Å². The zero-order valence-electron chi connectivity index (χ0n) is 15.4. The van der Waals surface area contributed by atoms with Crippen LogP contribution in [0.3, 0.4) is 0 Å². The molecular formula is C20H21FN2O2S2. The van der Waals surface area contributed by atoms with E-state index in [0.717, 1.165) is 32.3 Å². The van der Waals surface area contributed by atoms with Crippen LogP contribution in [0.4, 0.5) is 4.39 Å². The van der Waals surface area contributed by atoms with Crippen LogP contribution in [0.1, 0.15) is 21.7 Å². The van der Waals surface area contributed by atoms with Crippen LogP contribution in [0, 0.1) is 26.6 Å². The van der Waals surface area contributed by atoms with Crippen molar-refractivity contribution in [3.63, 3.8) is 0 Å². The lowest BCUT2D eigenvalue weighted by atomic mass is 10.2. The predicted octanol–water partition coefficient (Wildman–Crippen LogP) is 4.40. The minimum absolute atomic E-state index is 0.279. The number of aryl methyl sites for hydroxylation is 3. The highest BCUT2D eigenvalue weighted by atomic mass is 32.2. The summed E-state index contributed by atoms with van der Waals surface area (Å²) in [5.74, 6) is -0.303. The summed E-state index contributed by atoms with van der Waals surface area (Å²) in [6.45, 7) is 5.81. The predicted molar refractivity (Wildman–Crippen MR) is 107 cm³/mol. The molecule has 1 N–H and O–H groups in total. The lowest BCUT2D eigenvalue weighted by Gasteiger charge is -2.10. The third-order valence-electron chi connectivity index (χ3n) is 4.24.